The Kier molecular flexibility index (Phi) is 6.35. The summed E-state index contributed by atoms with van der Waals surface area (Å²) in [4.78, 5) is 18.3. The van der Waals surface area contributed by atoms with Gasteiger partial charge in [0.15, 0.2) is 0 Å². The Bertz CT molecular complexity index is 1010. The van der Waals surface area contributed by atoms with Crippen LogP contribution in [-0.2, 0) is 16.8 Å². The van der Waals surface area contributed by atoms with E-state index in [0.717, 1.165) is 16.9 Å². The Morgan fingerprint density at radius 1 is 1.10 bits per heavy atom. The van der Waals surface area contributed by atoms with Crippen LogP contribution in [0.25, 0.3) is 17.5 Å². The molecule has 0 spiro atoms. The second kappa shape index (κ2) is 8.95. The summed E-state index contributed by atoms with van der Waals surface area (Å²) in [7, 11) is 3.32. The molecule has 1 amide bonds. The molecule has 3 rings (SSSR count). The molecule has 0 bridgehead atoms. The van der Waals surface area contributed by atoms with Gasteiger partial charge < -0.3 is 14.2 Å². The molecule has 0 aliphatic heterocycles. The van der Waals surface area contributed by atoms with Crippen LogP contribution >= 0.6 is 0 Å². The summed E-state index contributed by atoms with van der Waals surface area (Å²) in [5.41, 5.74) is 3.15. The van der Waals surface area contributed by atoms with Crippen molar-refractivity contribution < 1.29 is 14.1 Å². The van der Waals surface area contributed by atoms with Crippen LogP contribution in [0.1, 0.15) is 37.8 Å². The van der Waals surface area contributed by atoms with Crippen LogP contribution < -0.4 is 4.74 Å². The number of ether oxygens (including phenoxy) is 1. The average molecular weight is 405 g/mol. The third-order valence-electron chi connectivity index (χ3n) is 4.76. The number of hydrogen-bond acceptors (Lipinski definition) is 5. The predicted octanol–water partition coefficient (Wildman–Crippen LogP) is 4.71. The second-order valence-electron chi connectivity index (χ2n) is 8.14. The number of hydrogen-bond donors (Lipinski definition) is 0. The molecule has 0 unspecified atom stereocenters. The van der Waals surface area contributed by atoms with Crippen molar-refractivity contribution >= 4 is 12.0 Å². The van der Waals surface area contributed by atoms with E-state index >= 15 is 0 Å². The van der Waals surface area contributed by atoms with Gasteiger partial charge in [-0.2, -0.15) is 4.98 Å². The number of methoxy groups -OCH3 is 1. The first-order chi connectivity index (χ1) is 14.3. The maximum absolute atomic E-state index is 12.4. The number of carbonyl (C=O) groups excluding carboxylic acids is 1. The van der Waals surface area contributed by atoms with Crippen molar-refractivity contribution in [2.24, 2.45) is 0 Å². The van der Waals surface area contributed by atoms with Crippen LogP contribution in [-0.4, -0.2) is 35.1 Å². The molecule has 0 fully saturated rings. The van der Waals surface area contributed by atoms with Gasteiger partial charge in [0, 0.05) is 18.7 Å². The first-order valence-corrected chi connectivity index (χ1v) is 9.77. The highest BCUT2D eigenvalue weighted by Crippen LogP contribution is 2.23. The topological polar surface area (TPSA) is 68.5 Å². The molecule has 0 saturated carbocycles. The Morgan fingerprint density at radius 2 is 1.77 bits per heavy atom. The summed E-state index contributed by atoms with van der Waals surface area (Å²) in [6.07, 6.45) is 3.36. The monoisotopic (exact) mass is 405 g/mol. The highest BCUT2D eigenvalue weighted by Gasteiger charge is 2.14. The molecule has 0 aliphatic rings. The van der Waals surface area contributed by atoms with Gasteiger partial charge in [-0.1, -0.05) is 50.2 Å². The van der Waals surface area contributed by atoms with Crippen LogP contribution in [0.4, 0.5) is 0 Å². The highest BCUT2D eigenvalue weighted by atomic mass is 16.5. The molecule has 0 N–H and O–H groups in total. The van der Waals surface area contributed by atoms with E-state index in [1.807, 2.05) is 42.5 Å². The Hall–Kier alpha value is -3.41. The van der Waals surface area contributed by atoms with E-state index in [1.165, 1.54) is 10.5 Å². The molecule has 0 saturated heterocycles. The molecular formula is C24H27N3O3. The van der Waals surface area contributed by atoms with Gasteiger partial charge >= 0.3 is 0 Å². The van der Waals surface area contributed by atoms with Gasteiger partial charge in [0.05, 0.1) is 13.7 Å². The first-order valence-electron chi connectivity index (χ1n) is 9.77. The van der Waals surface area contributed by atoms with Crippen molar-refractivity contribution in [1.29, 1.82) is 0 Å². The summed E-state index contributed by atoms with van der Waals surface area (Å²) in [5.74, 6) is 1.47. The number of nitrogens with zero attached hydrogens (tertiary/aromatic N) is 3. The number of benzene rings is 2. The number of amides is 1. The molecule has 0 atom stereocenters. The van der Waals surface area contributed by atoms with Gasteiger partial charge in [-0.05, 0) is 46.9 Å². The van der Waals surface area contributed by atoms with Crippen molar-refractivity contribution in [2.45, 2.75) is 32.7 Å². The number of carbonyl (C=O) groups is 1. The largest absolute Gasteiger partial charge is 0.497 e. The van der Waals surface area contributed by atoms with E-state index in [4.69, 9.17) is 9.26 Å². The lowest BCUT2D eigenvalue weighted by Gasteiger charge is -2.18. The van der Waals surface area contributed by atoms with E-state index in [1.54, 1.807) is 20.2 Å². The lowest BCUT2D eigenvalue weighted by atomic mass is 9.87. The standard InChI is InChI=1S/C24H27N3O3/c1-24(2,3)19-11-6-17(7-12-19)8-15-22(28)27(4)16-21-25-23(26-30-21)18-9-13-20(29-5)14-10-18/h6-15H,16H2,1-5H3/b15-8+. The van der Waals surface area contributed by atoms with Gasteiger partial charge in [-0.25, -0.2) is 0 Å². The van der Waals surface area contributed by atoms with Gasteiger partial charge in [0.2, 0.25) is 17.6 Å². The summed E-state index contributed by atoms with van der Waals surface area (Å²) < 4.78 is 10.4. The number of rotatable bonds is 6. The smallest absolute Gasteiger partial charge is 0.246 e. The van der Waals surface area contributed by atoms with Crippen LogP contribution in [0.3, 0.4) is 0 Å². The molecule has 2 aromatic carbocycles. The molecule has 0 aliphatic carbocycles. The zero-order chi connectivity index (χ0) is 21.7. The van der Waals surface area contributed by atoms with Crippen LogP contribution in [0.15, 0.2) is 59.1 Å². The van der Waals surface area contributed by atoms with E-state index in [-0.39, 0.29) is 17.9 Å². The van der Waals surface area contributed by atoms with Crippen LogP contribution in [0, 0.1) is 0 Å². The summed E-state index contributed by atoms with van der Waals surface area (Å²) in [5, 5.41) is 3.99. The summed E-state index contributed by atoms with van der Waals surface area (Å²) in [6.45, 7) is 6.75. The lowest BCUT2D eigenvalue weighted by molar-refractivity contribution is -0.125. The predicted molar refractivity (Wildman–Crippen MR) is 117 cm³/mol. The number of aromatic nitrogens is 2. The van der Waals surface area contributed by atoms with Crippen LogP contribution in [0.5, 0.6) is 5.75 Å². The molecule has 6 heteroatoms. The van der Waals surface area contributed by atoms with E-state index in [2.05, 4.69) is 43.0 Å². The third kappa shape index (κ3) is 5.35. The maximum atomic E-state index is 12.4. The molecule has 1 aromatic heterocycles. The second-order valence-corrected chi connectivity index (χ2v) is 8.14. The normalized spacial score (nSPS) is 11.6. The first kappa shape index (κ1) is 21.3. The Labute approximate surface area is 177 Å². The molecule has 156 valence electrons. The minimum atomic E-state index is -0.140. The fourth-order valence-electron chi connectivity index (χ4n) is 2.85. The fourth-order valence-corrected chi connectivity index (χ4v) is 2.85. The van der Waals surface area contributed by atoms with E-state index < -0.39 is 0 Å². The van der Waals surface area contributed by atoms with E-state index in [0.29, 0.717) is 11.7 Å². The zero-order valence-electron chi connectivity index (χ0n) is 18.0. The fraction of sp³-hybridized carbons (Fsp3) is 0.292. The van der Waals surface area contributed by atoms with Gasteiger partial charge in [-0.15, -0.1) is 0 Å². The van der Waals surface area contributed by atoms with Gasteiger partial charge in [0.1, 0.15) is 5.75 Å². The van der Waals surface area contributed by atoms with E-state index in [9.17, 15) is 4.79 Å². The van der Waals surface area contributed by atoms with Crippen molar-refractivity contribution in [3.05, 3.63) is 71.6 Å². The molecule has 1 heterocycles. The highest BCUT2D eigenvalue weighted by molar-refractivity contribution is 5.91. The van der Waals surface area contributed by atoms with Crippen molar-refractivity contribution in [2.75, 3.05) is 14.2 Å². The Morgan fingerprint density at radius 3 is 2.37 bits per heavy atom. The average Bonchev–Trinajstić information content (AvgIpc) is 3.20. The quantitative estimate of drug-likeness (QED) is 0.555. The number of likely N-dealkylation sites (N-methyl/N-ethyl adjacent to an activating group) is 1. The Balaban J connectivity index is 1.60. The molecule has 0 radical (unpaired) electrons. The lowest BCUT2D eigenvalue weighted by Crippen LogP contribution is -2.24. The summed E-state index contributed by atoms with van der Waals surface area (Å²) >= 11 is 0. The summed E-state index contributed by atoms with van der Waals surface area (Å²) in [6, 6.07) is 15.6. The van der Waals surface area contributed by atoms with Crippen molar-refractivity contribution in [3.63, 3.8) is 0 Å². The maximum Gasteiger partial charge on any atom is 0.246 e. The third-order valence-corrected chi connectivity index (χ3v) is 4.76. The van der Waals surface area contributed by atoms with Crippen molar-refractivity contribution in [1.82, 2.24) is 15.0 Å². The van der Waals surface area contributed by atoms with Gasteiger partial charge in [-0.3, -0.25) is 4.79 Å². The zero-order valence-corrected chi connectivity index (χ0v) is 18.0. The van der Waals surface area contributed by atoms with Gasteiger partial charge in [0.25, 0.3) is 0 Å². The molecular weight excluding hydrogens is 378 g/mol. The SMILES string of the molecule is COc1ccc(-c2noc(CN(C)C(=O)/C=C/c3ccc(C(C)(C)C)cc3)n2)cc1. The minimum Gasteiger partial charge on any atom is -0.497 e. The molecule has 30 heavy (non-hydrogen) atoms. The molecule has 6 nitrogen and oxygen atoms in total. The minimum absolute atomic E-state index is 0.104. The van der Waals surface area contributed by atoms with Crippen LogP contribution in [0.2, 0.25) is 0 Å². The van der Waals surface area contributed by atoms with Crippen molar-refractivity contribution in [3.8, 4) is 17.1 Å². The molecule has 3 aromatic rings.